The van der Waals surface area contributed by atoms with Crippen LogP contribution in [0.5, 0.6) is 5.75 Å². The van der Waals surface area contributed by atoms with Gasteiger partial charge in [0.1, 0.15) is 12.4 Å². The van der Waals surface area contributed by atoms with Crippen LogP contribution in [0.25, 0.3) is 6.08 Å². The van der Waals surface area contributed by atoms with Gasteiger partial charge in [-0.05, 0) is 59.5 Å². The molecule has 10 heteroatoms. The van der Waals surface area contributed by atoms with Crippen molar-refractivity contribution in [2.24, 2.45) is 0 Å². The molecule has 1 aliphatic heterocycles. The molecule has 0 unspecified atom stereocenters. The lowest BCUT2D eigenvalue weighted by Crippen LogP contribution is -2.32. The second-order valence-electron chi connectivity index (χ2n) is 7.93. The van der Waals surface area contributed by atoms with Crippen molar-refractivity contribution in [3.8, 4) is 5.75 Å². The van der Waals surface area contributed by atoms with E-state index in [4.69, 9.17) is 9.84 Å². The number of ether oxygens (including phenoxy) is 1. The Balaban J connectivity index is 1.71. The van der Waals surface area contributed by atoms with E-state index in [1.807, 2.05) is 25.1 Å². The fourth-order valence-corrected chi connectivity index (χ4v) is 5.00. The van der Waals surface area contributed by atoms with Gasteiger partial charge in [0.25, 0.3) is 16.8 Å². The summed E-state index contributed by atoms with van der Waals surface area (Å²) in [6.45, 7) is 6.28. The van der Waals surface area contributed by atoms with Crippen LogP contribution in [-0.2, 0) is 4.79 Å². The van der Waals surface area contributed by atoms with Gasteiger partial charge >= 0.3 is 0 Å². The highest BCUT2D eigenvalue weighted by molar-refractivity contribution is 8.18. The highest BCUT2D eigenvalue weighted by atomic mass is 32.2. The molecular formula is C24H26N2O6S2. The maximum atomic E-state index is 12.8. The van der Waals surface area contributed by atoms with Gasteiger partial charge in [0.2, 0.25) is 0 Å². The average Bonchev–Trinajstić information content (AvgIpc) is 3.05. The van der Waals surface area contributed by atoms with Crippen molar-refractivity contribution in [3.05, 3.63) is 68.1 Å². The molecule has 0 atom stereocenters. The molecule has 2 amide bonds. The Labute approximate surface area is 206 Å². The van der Waals surface area contributed by atoms with E-state index >= 15 is 0 Å². The van der Waals surface area contributed by atoms with Crippen LogP contribution in [-0.4, -0.2) is 51.6 Å². The van der Waals surface area contributed by atoms with E-state index in [0.29, 0.717) is 16.2 Å². The predicted molar refractivity (Wildman–Crippen MR) is 134 cm³/mol. The molecule has 1 heterocycles. The summed E-state index contributed by atoms with van der Waals surface area (Å²) in [4.78, 5) is 37.9. The molecule has 180 valence electrons. The highest BCUT2D eigenvalue weighted by Gasteiger charge is 2.35. The lowest BCUT2D eigenvalue weighted by molar-refractivity contribution is -0.387. The molecule has 1 aliphatic rings. The van der Waals surface area contributed by atoms with Crippen molar-refractivity contribution in [3.63, 3.8) is 0 Å². The number of imide groups is 1. The quantitative estimate of drug-likeness (QED) is 0.204. The maximum Gasteiger partial charge on any atom is 0.293 e. The number of nitro groups is 1. The molecule has 0 radical (unpaired) electrons. The Kier molecular flexibility index (Phi) is 8.76. The molecule has 0 aromatic heterocycles. The largest absolute Gasteiger partial charge is 0.491 e. The molecule has 8 nitrogen and oxygen atoms in total. The molecule has 0 bridgehead atoms. The molecule has 2 aromatic rings. The third kappa shape index (κ3) is 6.19. The normalized spacial score (nSPS) is 15.0. The van der Waals surface area contributed by atoms with Gasteiger partial charge < -0.3 is 9.84 Å². The maximum absolute atomic E-state index is 12.8. The number of carbonyl (C=O) groups is 2. The van der Waals surface area contributed by atoms with Crippen molar-refractivity contribution in [2.75, 3.05) is 25.5 Å². The average molecular weight is 503 g/mol. The van der Waals surface area contributed by atoms with Gasteiger partial charge in [0.05, 0.1) is 27.9 Å². The third-order valence-electron chi connectivity index (χ3n) is 5.06. The SMILES string of the molecule is Cc1ccc(C(C)C)c(OCCN2C(=O)S/C(=C\c3ccc(SCCO)c([N+](=O)[O-])c3)C2=O)c1. The number of carbonyl (C=O) groups excluding carboxylic acids is 2. The number of amides is 2. The number of nitrogens with zero attached hydrogens (tertiary/aromatic N) is 2. The van der Waals surface area contributed by atoms with Gasteiger partial charge in [0, 0.05) is 11.8 Å². The minimum Gasteiger partial charge on any atom is -0.491 e. The standard InChI is InChI=1S/C24H26N2O6S2/c1-15(2)18-6-4-16(3)12-20(18)32-10-8-25-23(28)22(34-24(25)29)14-17-5-7-21(33-11-9-27)19(13-17)26(30)31/h4-7,12-15,27H,8-11H2,1-3H3/b22-14-. The van der Waals surface area contributed by atoms with Crippen LogP contribution in [0.15, 0.2) is 46.2 Å². The summed E-state index contributed by atoms with van der Waals surface area (Å²) in [7, 11) is 0. The lowest BCUT2D eigenvalue weighted by Gasteiger charge is -2.17. The number of aliphatic hydroxyl groups is 1. The first kappa shape index (κ1) is 25.8. The zero-order valence-electron chi connectivity index (χ0n) is 19.1. The number of hydrogen-bond donors (Lipinski definition) is 1. The van der Waals surface area contributed by atoms with Crippen LogP contribution < -0.4 is 4.74 Å². The smallest absolute Gasteiger partial charge is 0.293 e. The van der Waals surface area contributed by atoms with E-state index in [-0.39, 0.29) is 36.3 Å². The molecule has 0 aliphatic carbocycles. The van der Waals surface area contributed by atoms with Gasteiger partial charge in [0.15, 0.2) is 0 Å². The van der Waals surface area contributed by atoms with E-state index in [0.717, 1.165) is 33.5 Å². The Morgan fingerprint density at radius 1 is 1.24 bits per heavy atom. The second-order valence-corrected chi connectivity index (χ2v) is 10.1. The zero-order chi connectivity index (χ0) is 24.8. The van der Waals surface area contributed by atoms with E-state index in [9.17, 15) is 19.7 Å². The molecule has 0 saturated carbocycles. The first-order valence-corrected chi connectivity index (χ1v) is 12.5. The monoisotopic (exact) mass is 502 g/mol. The fraction of sp³-hybridized carbons (Fsp3) is 0.333. The van der Waals surface area contributed by atoms with Gasteiger partial charge in [-0.25, -0.2) is 0 Å². The summed E-state index contributed by atoms with van der Waals surface area (Å²) in [6.07, 6.45) is 1.48. The number of aryl methyl sites for hydroxylation is 1. The number of nitro benzene ring substituents is 1. The van der Waals surface area contributed by atoms with Crippen molar-refractivity contribution in [1.82, 2.24) is 4.90 Å². The minimum absolute atomic E-state index is 0.0942. The minimum atomic E-state index is -0.503. The number of benzene rings is 2. The topological polar surface area (TPSA) is 110 Å². The zero-order valence-corrected chi connectivity index (χ0v) is 20.8. The number of aliphatic hydroxyl groups excluding tert-OH is 1. The molecule has 1 fully saturated rings. The van der Waals surface area contributed by atoms with E-state index in [1.165, 1.54) is 23.9 Å². The molecule has 1 N–H and O–H groups in total. The summed E-state index contributed by atoms with van der Waals surface area (Å²) in [5, 5.41) is 20.0. The molecule has 1 saturated heterocycles. The Morgan fingerprint density at radius 2 is 2.00 bits per heavy atom. The Morgan fingerprint density at radius 3 is 2.68 bits per heavy atom. The van der Waals surface area contributed by atoms with Gasteiger partial charge in [-0.2, -0.15) is 0 Å². The van der Waals surface area contributed by atoms with E-state index in [2.05, 4.69) is 13.8 Å². The summed E-state index contributed by atoms with van der Waals surface area (Å²) in [5.74, 6) is 0.896. The van der Waals surface area contributed by atoms with Gasteiger partial charge in [-0.1, -0.05) is 32.0 Å². The second kappa shape index (κ2) is 11.5. The number of thioether (sulfide) groups is 2. The van der Waals surface area contributed by atoms with Crippen molar-refractivity contribution >= 4 is 46.4 Å². The van der Waals surface area contributed by atoms with Gasteiger partial charge in [-0.15, -0.1) is 11.8 Å². The highest BCUT2D eigenvalue weighted by Crippen LogP contribution is 2.35. The van der Waals surface area contributed by atoms with Crippen LogP contribution in [0.1, 0.15) is 36.5 Å². The third-order valence-corrected chi connectivity index (χ3v) is 7.01. The first-order chi connectivity index (χ1) is 16.2. The molecular weight excluding hydrogens is 476 g/mol. The van der Waals surface area contributed by atoms with Crippen LogP contribution in [0.4, 0.5) is 10.5 Å². The number of rotatable bonds is 10. The van der Waals surface area contributed by atoms with Crippen LogP contribution in [0.2, 0.25) is 0 Å². The van der Waals surface area contributed by atoms with Gasteiger partial charge in [-0.3, -0.25) is 24.6 Å². The summed E-state index contributed by atoms with van der Waals surface area (Å²) in [5.41, 5.74) is 2.45. The lowest BCUT2D eigenvalue weighted by atomic mass is 10.0. The first-order valence-electron chi connectivity index (χ1n) is 10.7. The Bertz CT molecular complexity index is 1130. The summed E-state index contributed by atoms with van der Waals surface area (Å²) < 4.78 is 5.91. The van der Waals surface area contributed by atoms with Crippen molar-refractivity contribution < 1.29 is 24.4 Å². The van der Waals surface area contributed by atoms with Crippen LogP contribution in [0.3, 0.4) is 0 Å². The van der Waals surface area contributed by atoms with E-state index in [1.54, 1.807) is 12.1 Å². The molecule has 2 aromatic carbocycles. The van der Waals surface area contributed by atoms with Crippen LogP contribution >= 0.6 is 23.5 Å². The fourth-order valence-electron chi connectivity index (χ4n) is 3.38. The van der Waals surface area contributed by atoms with Crippen molar-refractivity contribution in [2.45, 2.75) is 31.6 Å². The summed E-state index contributed by atoms with van der Waals surface area (Å²) in [6, 6.07) is 10.6. The predicted octanol–water partition coefficient (Wildman–Crippen LogP) is 5.23. The van der Waals surface area contributed by atoms with E-state index < -0.39 is 16.1 Å². The number of hydrogen-bond acceptors (Lipinski definition) is 8. The molecule has 0 spiro atoms. The molecule has 34 heavy (non-hydrogen) atoms. The molecule has 3 rings (SSSR count). The Hall–Kier alpha value is -2.82. The summed E-state index contributed by atoms with van der Waals surface area (Å²) >= 11 is 1.98. The van der Waals surface area contributed by atoms with Crippen molar-refractivity contribution in [1.29, 1.82) is 0 Å². The van der Waals surface area contributed by atoms with Crippen LogP contribution in [0, 0.1) is 17.0 Å².